The smallest absolute Gasteiger partial charge is 0.125 e. The monoisotopic (exact) mass is 723 g/mol. The van der Waals surface area contributed by atoms with Crippen molar-refractivity contribution in [1.82, 2.24) is 15.0 Å². The quantitative estimate of drug-likeness (QED) is 0.177. The van der Waals surface area contributed by atoms with E-state index in [1.807, 2.05) is 12.3 Å². The lowest BCUT2D eigenvalue weighted by Gasteiger charge is -2.16. The Morgan fingerprint density at radius 1 is 0.352 bits per heavy atom. The summed E-state index contributed by atoms with van der Waals surface area (Å²) < 4.78 is 2.39. The zero-order valence-electron chi connectivity index (χ0n) is 28.9. The maximum absolute atomic E-state index is 5.05. The zero-order valence-corrected chi connectivity index (χ0v) is 30.5. The number of aromatic nitrogens is 3. The van der Waals surface area contributed by atoms with Crippen LogP contribution >= 0.6 is 22.7 Å². The first-order chi connectivity index (χ1) is 26.7. The van der Waals surface area contributed by atoms with Crippen LogP contribution in [0, 0.1) is 0 Å². The van der Waals surface area contributed by atoms with Crippen molar-refractivity contribution in [3.8, 4) is 54.5 Å². The Labute approximate surface area is 319 Å². The van der Waals surface area contributed by atoms with Crippen molar-refractivity contribution in [2.45, 2.75) is 0 Å². The van der Waals surface area contributed by atoms with E-state index in [1.54, 1.807) is 22.7 Å². The van der Waals surface area contributed by atoms with Crippen LogP contribution in [-0.2, 0) is 0 Å². The maximum Gasteiger partial charge on any atom is 0.125 e. The van der Waals surface area contributed by atoms with Crippen molar-refractivity contribution < 1.29 is 0 Å². The molecule has 0 aliphatic carbocycles. The van der Waals surface area contributed by atoms with Crippen LogP contribution in [0.15, 0.2) is 176 Å². The number of rotatable bonds is 5. The summed E-state index contributed by atoms with van der Waals surface area (Å²) in [5, 5.41) is 7.98. The summed E-state index contributed by atoms with van der Waals surface area (Å²) in [4.78, 5) is 15.0. The molecule has 0 saturated heterocycles. The van der Waals surface area contributed by atoms with Gasteiger partial charge in [-0.05, 0) is 97.9 Å². The molecule has 54 heavy (non-hydrogen) atoms. The number of thiazole rings is 2. The lowest BCUT2D eigenvalue weighted by molar-refractivity contribution is 1.41. The molecule has 0 spiro atoms. The van der Waals surface area contributed by atoms with Gasteiger partial charge < -0.3 is 0 Å². The molecule has 11 rings (SSSR count). The maximum atomic E-state index is 5.05. The normalized spacial score (nSPS) is 11.7. The summed E-state index contributed by atoms with van der Waals surface area (Å²) in [6, 6.07) is 61.0. The molecule has 0 unspecified atom stereocenters. The summed E-state index contributed by atoms with van der Waals surface area (Å²) >= 11 is 3.49. The van der Waals surface area contributed by atoms with Crippen LogP contribution < -0.4 is 0 Å². The van der Waals surface area contributed by atoms with E-state index in [0.717, 1.165) is 65.3 Å². The summed E-state index contributed by atoms with van der Waals surface area (Å²) in [5.41, 5.74) is 12.3. The third kappa shape index (κ3) is 5.12. The molecule has 0 saturated carbocycles. The summed E-state index contributed by atoms with van der Waals surface area (Å²) in [6.07, 6.45) is 1.89. The molecule has 3 heterocycles. The standard InChI is InChI=1S/C49H29N3S2/c1-3-15-39-37(13-1)34(22-24-41(39)48-51-43-18-5-7-20-45(43)53-48)31-27-32(29-33(28-31)36-17-9-11-30-12-10-26-50-47(30)36)35-23-25-42(40-16-4-2-14-38(35)40)49-52-44-19-6-8-21-46(44)54-49/h1-29H. The van der Waals surface area contributed by atoms with Crippen molar-refractivity contribution in [2.24, 2.45) is 0 Å². The van der Waals surface area contributed by atoms with Gasteiger partial charge in [-0.2, -0.15) is 0 Å². The SMILES string of the molecule is c1cnc2c(-c3cc(-c4ccc(-c5nc6ccccc6s5)c5ccccc45)cc(-c4ccc(-c5nc6ccccc6s5)c5ccccc45)c3)cccc2c1. The molecular formula is C49H29N3S2. The highest BCUT2D eigenvalue weighted by atomic mass is 32.1. The fourth-order valence-corrected chi connectivity index (χ4v) is 9.89. The van der Waals surface area contributed by atoms with Crippen molar-refractivity contribution in [2.75, 3.05) is 0 Å². The molecule has 3 aromatic heterocycles. The Morgan fingerprint density at radius 2 is 0.796 bits per heavy atom. The average molecular weight is 724 g/mol. The fraction of sp³-hybridized carbons (Fsp3) is 0. The van der Waals surface area contributed by atoms with E-state index >= 15 is 0 Å². The Balaban J connectivity index is 1.15. The van der Waals surface area contributed by atoms with Gasteiger partial charge in [0.2, 0.25) is 0 Å². The number of pyridine rings is 1. The molecule has 0 aliphatic heterocycles. The van der Waals surface area contributed by atoms with E-state index in [1.165, 1.54) is 42.1 Å². The van der Waals surface area contributed by atoms with Gasteiger partial charge in [0.25, 0.3) is 0 Å². The van der Waals surface area contributed by atoms with Gasteiger partial charge in [0, 0.05) is 28.3 Å². The lowest BCUT2D eigenvalue weighted by atomic mass is 9.88. The molecule has 0 atom stereocenters. The number of nitrogens with zero attached hydrogens (tertiary/aromatic N) is 3. The minimum Gasteiger partial charge on any atom is -0.256 e. The molecule has 0 N–H and O–H groups in total. The second-order valence-corrected chi connectivity index (χ2v) is 15.6. The zero-order chi connectivity index (χ0) is 35.6. The molecule has 0 fully saturated rings. The van der Waals surface area contributed by atoms with E-state index < -0.39 is 0 Å². The van der Waals surface area contributed by atoms with Gasteiger partial charge in [-0.25, -0.2) is 9.97 Å². The molecule has 3 nitrogen and oxygen atoms in total. The highest BCUT2D eigenvalue weighted by Crippen LogP contribution is 2.44. The third-order valence-electron chi connectivity index (χ3n) is 10.4. The molecular weight excluding hydrogens is 695 g/mol. The van der Waals surface area contributed by atoms with Crippen molar-refractivity contribution in [3.63, 3.8) is 0 Å². The lowest BCUT2D eigenvalue weighted by Crippen LogP contribution is -1.91. The topological polar surface area (TPSA) is 38.7 Å². The minimum atomic E-state index is 0.996. The third-order valence-corrected chi connectivity index (χ3v) is 12.5. The first-order valence-electron chi connectivity index (χ1n) is 18.0. The van der Waals surface area contributed by atoms with E-state index in [0.29, 0.717) is 0 Å². The van der Waals surface area contributed by atoms with E-state index in [-0.39, 0.29) is 0 Å². The highest BCUT2D eigenvalue weighted by Gasteiger charge is 2.18. The molecule has 0 amide bonds. The molecule has 252 valence electrons. The van der Waals surface area contributed by atoms with Gasteiger partial charge in [0.05, 0.1) is 25.9 Å². The van der Waals surface area contributed by atoms with Crippen LogP contribution in [0.4, 0.5) is 0 Å². The van der Waals surface area contributed by atoms with Crippen molar-refractivity contribution in [3.05, 3.63) is 176 Å². The van der Waals surface area contributed by atoms with Crippen LogP contribution in [0.25, 0.3) is 107 Å². The first kappa shape index (κ1) is 31.0. The summed E-state index contributed by atoms with van der Waals surface area (Å²) in [6.45, 7) is 0. The second-order valence-electron chi connectivity index (χ2n) is 13.6. The Bertz CT molecular complexity index is 3000. The van der Waals surface area contributed by atoms with E-state index in [2.05, 4.69) is 164 Å². The van der Waals surface area contributed by atoms with E-state index in [9.17, 15) is 0 Å². The minimum absolute atomic E-state index is 0.996. The number of hydrogen-bond acceptors (Lipinski definition) is 5. The molecule has 0 aliphatic rings. The highest BCUT2D eigenvalue weighted by molar-refractivity contribution is 7.22. The predicted molar refractivity (Wildman–Crippen MR) is 230 cm³/mol. The molecule has 0 bridgehead atoms. The first-order valence-corrected chi connectivity index (χ1v) is 19.6. The van der Waals surface area contributed by atoms with Gasteiger partial charge in [-0.3, -0.25) is 4.98 Å². The van der Waals surface area contributed by atoms with Crippen LogP contribution in [0.2, 0.25) is 0 Å². The van der Waals surface area contributed by atoms with Crippen LogP contribution in [-0.4, -0.2) is 15.0 Å². The van der Waals surface area contributed by atoms with Crippen LogP contribution in [0.3, 0.4) is 0 Å². The molecule has 11 aromatic rings. The van der Waals surface area contributed by atoms with Crippen molar-refractivity contribution >= 4 is 75.6 Å². The Hall–Kier alpha value is -6.53. The van der Waals surface area contributed by atoms with Gasteiger partial charge in [0.1, 0.15) is 10.0 Å². The fourth-order valence-electron chi connectivity index (χ4n) is 7.88. The number of hydrogen-bond donors (Lipinski definition) is 0. The summed E-state index contributed by atoms with van der Waals surface area (Å²) in [7, 11) is 0. The van der Waals surface area contributed by atoms with Gasteiger partial charge in [-0.15, -0.1) is 22.7 Å². The van der Waals surface area contributed by atoms with Crippen LogP contribution in [0.5, 0.6) is 0 Å². The molecule has 5 heteroatoms. The molecule has 8 aromatic carbocycles. The van der Waals surface area contributed by atoms with Gasteiger partial charge in [-0.1, -0.05) is 121 Å². The number of fused-ring (bicyclic) bond motifs is 5. The predicted octanol–water partition coefficient (Wildman–Crippen LogP) is 14.1. The Kier molecular flexibility index (Phi) is 7.22. The second kappa shape index (κ2) is 12.6. The number of benzene rings is 8. The number of para-hydroxylation sites is 3. The largest absolute Gasteiger partial charge is 0.256 e. The Morgan fingerprint density at radius 3 is 1.33 bits per heavy atom. The molecule has 0 radical (unpaired) electrons. The van der Waals surface area contributed by atoms with Gasteiger partial charge >= 0.3 is 0 Å². The summed E-state index contributed by atoms with van der Waals surface area (Å²) in [5.74, 6) is 0. The van der Waals surface area contributed by atoms with Crippen LogP contribution in [0.1, 0.15) is 0 Å². The van der Waals surface area contributed by atoms with E-state index in [4.69, 9.17) is 15.0 Å². The van der Waals surface area contributed by atoms with Crippen molar-refractivity contribution in [1.29, 1.82) is 0 Å². The average Bonchev–Trinajstić information content (AvgIpc) is 3.87. The van der Waals surface area contributed by atoms with Gasteiger partial charge in [0.15, 0.2) is 0 Å².